The molecule has 2 unspecified atom stereocenters. The van der Waals surface area contributed by atoms with Crippen LogP contribution in [0.15, 0.2) is 0 Å². The fourth-order valence-corrected chi connectivity index (χ4v) is 2.79. The van der Waals surface area contributed by atoms with Crippen LogP contribution in [0.25, 0.3) is 0 Å². The molecule has 1 fully saturated rings. The van der Waals surface area contributed by atoms with Gasteiger partial charge in [-0.3, -0.25) is 0 Å². The van der Waals surface area contributed by atoms with E-state index in [1.807, 2.05) is 7.05 Å². The number of nitrogens with zero attached hydrogens (tertiary/aromatic N) is 1. The van der Waals surface area contributed by atoms with Gasteiger partial charge in [-0.05, 0) is 38.6 Å². The van der Waals surface area contributed by atoms with Crippen LogP contribution in [0.3, 0.4) is 0 Å². The van der Waals surface area contributed by atoms with E-state index in [1.54, 1.807) is 0 Å². The van der Waals surface area contributed by atoms with Crippen molar-refractivity contribution in [1.82, 2.24) is 5.32 Å². The molecule has 1 saturated carbocycles. The standard InChI is InChI=1S/C15H28N2O2/c1-3-4-9-18-11-12-19-10-7-14-6-5-8-15(14,13-16)17-2/h14,17H,3-12H2,1-2H3. The molecule has 19 heavy (non-hydrogen) atoms. The molecule has 0 aromatic rings. The minimum atomic E-state index is -0.318. The molecular formula is C15H28N2O2. The maximum atomic E-state index is 9.34. The largest absolute Gasteiger partial charge is 0.379 e. The molecule has 1 aliphatic rings. The Labute approximate surface area is 117 Å². The average molecular weight is 268 g/mol. The van der Waals surface area contributed by atoms with Crippen molar-refractivity contribution in [3.63, 3.8) is 0 Å². The van der Waals surface area contributed by atoms with Crippen molar-refractivity contribution in [1.29, 1.82) is 5.26 Å². The third kappa shape index (κ3) is 5.10. The molecule has 1 rings (SSSR count). The highest BCUT2D eigenvalue weighted by Crippen LogP contribution is 2.37. The predicted octanol–water partition coefficient (Wildman–Crippen LogP) is 2.49. The second-order valence-electron chi connectivity index (χ2n) is 5.29. The van der Waals surface area contributed by atoms with E-state index in [1.165, 1.54) is 6.42 Å². The van der Waals surface area contributed by atoms with Crippen molar-refractivity contribution in [3.05, 3.63) is 0 Å². The normalized spacial score (nSPS) is 26.5. The third-order valence-electron chi connectivity index (χ3n) is 4.09. The lowest BCUT2D eigenvalue weighted by Gasteiger charge is -2.28. The van der Waals surface area contributed by atoms with Crippen molar-refractivity contribution in [2.75, 3.05) is 33.5 Å². The van der Waals surface area contributed by atoms with Crippen molar-refractivity contribution in [2.24, 2.45) is 5.92 Å². The summed E-state index contributed by atoms with van der Waals surface area (Å²) in [5.74, 6) is 0.420. The summed E-state index contributed by atoms with van der Waals surface area (Å²) in [4.78, 5) is 0. The van der Waals surface area contributed by atoms with Gasteiger partial charge in [-0.1, -0.05) is 19.8 Å². The van der Waals surface area contributed by atoms with Crippen molar-refractivity contribution in [3.8, 4) is 6.07 Å². The summed E-state index contributed by atoms with van der Waals surface area (Å²) in [6, 6.07) is 2.46. The summed E-state index contributed by atoms with van der Waals surface area (Å²) in [5, 5.41) is 12.5. The van der Waals surface area contributed by atoms with Crippen LogP contribution in [0.4, 0.5) is 0 Å². The van der Waals surface area contributed by atoms with Crippen LogP contribution >= 0.6 is 0 Å². The lowest BCUT2D eigenvalue weighted by molar-refractivity contribution is 0.0398. The van der Waals surface area contributed by atoms with Crippen LogP contribution in [0.5, 0.6) is 0 Å². The first kappa shape index (κ1) is 16.4. The zero-order chi connectivity index (χ0) is 14.0. The van der Waals surface area contributed by atoms with Gasteiger partial charge in [0.25, 0.3) is 0 Å². The fourth-order valence-electron chi connectivity index (χ4n) is 2.79. The lowest BCUT2D eigenvalue weighted by atomic mass is 9.86. The van der Waals surface area contributed by atoms with E-state index in [2.05, 4.69) is 18.3 Å². The van der Waals surface area contributed by atoms with Crippen molar-refractivity contribution >= 4 is 0 Å². The highest BCUT2D eigenvalue weighted by molar-refractivity contribution is 5.13. The van der Waals surface area contributed by atoms with Gasteiger partial charge in [0.15, 0.2) is 0 Å². The van der Waals surface area contributed by atoms with Crippen LogP contribution in [-0.4, -0.2) is 39.0 Å². The summed E-state index contributed by atoms with van der Waals surface area (Å²) in [6.45, 7) is 5.06. The molecule has 0 heterocycles. The molecule has 0 saturated heterocycles. The van der Waals surface area contributed by atoms with Gasteiger partial charge in [-0.25, -0.2) is 0 Å². The number of hydrogen-bond acceptors (Lipinski definition) is 4. The van der Waals surface area contributed by atoms with Gasteiger partial charge >= 0.3 is 0 Å². The summed E-state index contributed by atoms with van der Waals surface area (Å²) in [7, 11) is 1.89. The molecular weight excluding hydrogens is 240 g/mol. The van der Waals surface area contributed by atoms with Gasteiger partial charge in [0.05, 0.1) is 19.3 Å². The van der Waals surface area contributed by atoms with E-state index in [0.29, 0.717) is 19.1 Å². The molecule has 0 aliphatic heterocycles. The lowest BCUT2D eigenvalue weighted by Crippen LogP contribution is -2.45. The molecule has 0 amide bonds. The average Bonchev–Trinajstić information content (AvgIpc) is 2.85. The maximum absolute atomic E-state index is 9.34. The van der Waals surface area contributed by atoms with Gasteiger partial charge in [0.1, 0.15) is 5.54 Å². The Morgan fingerprint density at radius 1 is 1.26 bits per heavy atom. The van der Waals surface area contributed by atoms with Gasteiger partial charge in [0.2, 0.25) is 0 Å². The Morgan fingerprint density at radius 2 is 2.00 bits per heavy atom. The third-order valence-corrected chi connectivity index (χ3v) is 4.09. The van der Waals surface area contributed by atoms with E-state index in [-0.39, 0.29) is 5.54 Å². The summed E-state index contributed by atoms with van der Waals surface area (Å²) < 4.78 is 11.0. The maximum Gasteiger partial charge on any atom is 0.109 e. The van der Waals surface area contributed by atoms with Crippen LogP contribution in [-0.2, 0) is 9.47 Å². The number of rotatable bonds is 10. The summed E-state index contributed by atoms with van der Waals surface area (Å²) in [6.07, 6.45) is 6.48. The molecule has 0 aromatic carbocycles. The van der Waals surface area contributed by atoms with Crippen molar-refractivity contribution < 1.29 is 9.47 Å². The first-order chi connectivity index (χ1) is 9.29. The number of hydrogen-bond donors (Lipinski definition) is 1. The molecule has 0 bridgehead atoms. The highest BCUT2D eigenvalue weighted by atomic mass is 16.5. The van der Waals surface area contributed by atoms with E-state index >= 15 is 0 Å². The number of nitrogens with one attached hydrogen (secondary N) is 1. The van der Waals surface area contributed by atoms with Gasteiger partial charge < -0.3 is 14.8 Å². The molecule has 4 nitrogen and oxygen atoms in total. The monoisotopic (exact) mass is 268 g/mol. The number of ether oxygens (including phenoxy) is 2. The minimum Gasteiger partial charge on any atom is -0.379 e. The first-order valence-electron chi connectivity index (χ1n) is 7.54. The topological polar surface area (TPSA) is 54.3 Å². The molecule has 4 heteroatoms. The van der Waals surface area contributed by atoms with Gasteiger partial charge in [0, 0.05) is 13.2 Å². The molecule has 1 N–H and O–H groups in total. The number of nitriles is 1. The zero-order valence-corrected chi connectivity index (χ0v) is 12.4. The second kappa shape index (κ2) is 9.30. The van der Waals surface area contributed by atoms with Gasteiger partial charge in [-0.15, -0.1) is 0 Å². The predicted molar refractivity (Wildman–Crippen MR) is 75.9 cm³/mol. The van der Waals surface area contributed by atoms with Crippen LogP contribution in [0, 0.1) is 17.2 Å². The second-order valence-corrected chi connectivity index (χ2v) is 5.29. The van der Waals surface area contributed by atoms with E-state index in [9.17, 15) is 5.26 Å². The van der Waals surface area contributed by atoms with E-state index in [4.69, 9.17) is 9.47 Å². The Kier molecular flexibility index (Phi) is 8.04. The minimum absolute atomic E-state index is 0.318. The Balaban J connectivity index is 2.08. The quantitative estimate of drug-likeness (QED) is 0.618. The Bertz CT molecular complexity index is 278. The number of unbranched alkanes of at least 4 members (excludes halogenated alkanes) is 1. The first-order valence-corrected chi connectivity index (χ1v) is 7.54. The van der Waals surface area contributed by atoms with Crippen LogP contribution < -0.4 is 5.32 Å². The zero-order valence-electron chi connectivity index (χ0n) is 12.4. The summed E-state index contributed by atoms with van der Waals surface area (Å²) >= 11 is 0. The van der Waals surface area contributed by atoms with Gasteiger partial charge in [-0.2, -0.15) is 5.26 Å². The summed E-state index contributed by atoms with van der Waals surface area (Å²) in [5.41, 5.74) is -0.318. The fraction of sp³-hybridized carbons (Fsp3) is 0.933. The molecule has 0 radical (unpaired) electrons. The smallest absolute Gasteiger partial charge is 0.109 e. The SMILES string of the molecule is CCCCOCCOCCC1CCCC1(C#N)NC. The van der Waals surface area contributed by atoms with E-state index in [0.717, 1.165) is 45.3 Å². The van der Waals surface area contributed by atoms with Crippen molar-refractivity contribution in [2.45, 2.75) is 51.0 Å². The van der Waals surface area contributed by atoms with Crippen LogP contribution in [0.2, 0.25) is 0 Å². The molecule has 110 valence electrons. The Hall–Kier alpha value is -0.630. The van der Waals surface area contributed by atoms with Crippen LogP contribution in [0.1, 0.15) is 45.4 Å². The molecule has 2 atom stereocenters. The van der Waals surface area contributed by atoms with E-state index < -0.39 is 0 Å². The molecule has 1 aliphatic carbocycles. The molecule has 0 spiro atoms. The highest BCUT2D eigenvalue weighted by Gasteiger charge is 2.41. The molecule has 0 aromatic heterocycles. The Morgan fingerprint density at radius 3 is 2.63 bits per heavy atom.